The number of hydrogen-bond donors (Lipinski definition) is 1. The predicted octanol–water partition coefficient (Wildman–Crippen LogP) is 2.89. The SMILES string of the molecule is Cc1ccc2nc(-c3ccnc(OC(F)F)c3)[nH]c(=O)c2c1. The van der Waals surface area contributed by atoms with Crippen molar-refractivity contribution in [1.82, 2.24) is 15.0 Å². The van der Waals surface area contributed by atoms with Crippen molar-refractivity contribution in [3.8, 4) is 17.3 Å². The first-order chi connectivity index (χ1) is 10.5. The Balaban J connectivity index is 2.10. The lowest BCUT2D eigenvalue weighted by Crippen LogP contribution is -2.10. The molecule has 0 atom stereocenters. The Kier molecular flexibility index (Phi) is 3.54. The Hall–Kier alpha value is -2.83. The number of hydrogen-bond acceptors (Lipinski definition) is 4. The van der Waals surface area contributed by atoms with E-state index in [2.05, 4.69) is 19.7 Å². The fourth-order valence-electron chi connectivity index (χ4n) is 2.10. The molecule has 0 fully saturated rings. The number of pyridine rings is 1. The van der Waals surface area contributed by atoms with Crippen LogP contribution in [0.4, 0.5) is 8.78 Å². The van der Waals surface area contributed by atoms with E-state index in [1.165, 1.54) is 12.3 Å². The Morgan fingerprint density at radius 3 is 2.82 bits per heavy atom. The molecule has 0 radical (unpaired) electrons. The van der Waals surface area contributed by atoms with Crippen molar-refractivity contribution in [2.75, 3.05) is 0 Å². The number of fused-ring (bicyclic) bond motifs is 1. The summed E-state index contributed by atoms with van der Waals surface area (Å²) < 4.78 is 28.7. The molecule has 0 unspecified atom stereocenters. The highest BCUT2D eigenvalue weighted by Crippen LogP contribution is 2.21. The predicted molar refractivity (Wildman–Crippen MR) is 77.0 cm³/mol. The third kappa shape index (κ3) is 2.78. The standard InChI is InChI=1S/C15H11F2N3O2/c1-8-2-3-11-10(6-8)14(21)20-13(19-11)9-4-5-18-12(7-9)22-15(16)17/h2-7,15H,1H3,(H,19,20,21). The summed E-state index contributed by atoms with van der Waals surface area (Å²) in [6.45, 7) is -1.08. The number of aromatic amines is 1. The summed E-state index contributed by atoms with van der Waals surface area (Å²) >= 11 is 0. The maximum absolute atomic E-state index is 12.2. The van der Waals surface area contributed by atoms with Gasteiger partial charge in [-0.2, -0.15) is 8.78 Å². The number of halogens is 2. The topological polar surface area (TPSA) is 67.9 Å². The van der Waals surface area contributed by atoms with E-state index in [1.807, 2.05) is 13.0 Å². The van der Waals surface area contributed by atoms with Crippen LogP contribution >= 0.6 is 0 Å². The quantitative estimate of drug-likeness (QED) is 0.808. The van der Waals surface area contributed by atoms with Gasteiger partial charge in [0.25, 0.3) is 5.56 Å². The second kappa shape index (κ2) is 5.51. The molecule has 1 N–H and O–H groups in total. The molecular weight excluding hydrogens is 292 g/mol. The summed E-state index contributed by atoms with van der Waals surface area (Å²) in [6, 6.07) is 8.17. The van der Waals surface area contributed by atoms with Gasteiger partial charge in [-0.3, -0.25) is 4.79 Å². The number of aryl methyl sites for hydroxylation is 1. The van der Waals surface area contributed by atoms with E-state index in [0.29, 0.717) is 16.5 Å². The second-order valence-corrected chi connectivity index (χ2v) is 4.70. The van der Waals surface area contributed by atoms with Crippen LogP contribution in [0, 0.1) is 6.92 Å². The van der Waals surface area contributed by atoms with E-state index in [-0.39, 0.29) is 17.3 Å². The largest absolute Gasteiger partial charge is 0.417 e. The highest BCUT2D eigenvalue weighted by atomic mass is 19.3. The van der Waals surface area contributed by atoms with E-state index in [1.54, 1.807) is 18.2 Å². The van der Waals surface area contributed by atoms with E-state index in [4.69, 9.17) is 0 Å². The van der Waals surface area contributed by atoms with Gasteiger partial charge in [-0.05, 0) is 25.1 Å². The molecule has 0 aliphatic heterocycles. The molecule has 22 heavy (non-hydrogen) atoms. The van der Waals surface area contributed by atoms with Crippen molar-refractivity contribution >= 4 is 10.9 Å². The lowest BCUT2D eigenvalue weighted by molar-refractivity contribution is -0.0528. The maximum Gasteiger partial charge on any atom is 0.388 e. The minimum absolute atomic E-state index is 0.237. The molecule has 0 saturated carbocycles. The molecule has 0 aliphatic carbocycles. The summed E-state index contributed by atoms with van der Waals surface area (Å²) in [4.78, 5) is 22.8. The molecule has 0 aliphatic rings. The van der Waals surface area contributed by atoms with Gasteiger partial charge in [-0.15, -0.1) is 0 Å². The van der Waals surface area contributed by atoms with Crippen molar-refractivity contribution < 1.29 is 13.5 Å². The molecule has 0 saturated heterocycles. The van der Waals surface area contributed by atoms with Crippen LogP contribution in [-0.4, -0.2) is 21.6 Å². The van der Waals surface area contributed by atoms with Crippen LogP contribution < -0.4 is 10.3 Å². The van der Waals surface area contributed by atoms with Crippen LogP contribution in [0.25, 0.3) is 22.3 Å². The number of nitrogens with zero attached hydrogens (tertiary/aromatic N) is 2. The molecule has 5 nitrogen and oxygen atoms in total. The van der Waals surface area contributed by atoms with Crippen molar-refractivity contribution in [3.05, 3.63) is 52.4 Å². The summed E-state index contributed by atoms with van der Waals surface area (Å²) in [7, 11) is 0. The zero-order valence-electron chi connectivity index (χ0n) is 11.5. The lowest BCUT2D eigenvalue weighted by Gasteiger charge is -2.06. The number of ether oxygens (including phenoxy) is 1. The molecule has 112 valence electrons. The molecule has 7 heteroatoms. The summed E-state index contributed by atoms with van der Waals surface area (Å²) in [5.74, 6) is 0.0296. The summed E-state index contributed by atoms with van der Waals surface area (Å²) in [5.41, 5.74) is 1.61. The van der Waals surface area contributed by atoms with Gasteiger partial charge in [0.15, 0.2) is 0 Å². The normalized spacial score (nSPS) is 11.1. The monoisotopic (exact) mass is 303 g/mol. The number of nitrogens with one attached hydrogen (secondary N) is 1. The van der Waals surface area contributed by atoms with E-state index in [9.17, 15) is 13.6 Å². The third-order valence-corrected chi connectivity index (χ3v) is 3.08. The smallest absolute Gasteiger partial charge is 0.388 e. The first-order valence-corrected chi connectivity index (χ1v) is 6.45. The van der Waals surface area contributed by atoms with Crippen LogP contribution in [0.5, 0.6) is 5.88 Å². The van der Waals surface area contributed by atoms with Gasteiger partial charge in [0.1, 0.15) is 5.82 Å². The molecule has 0 amide bonds. The van der Waals surface area contributed by atoms with Crippen LogP contribution in [0.3, 0.4) is 0 Å². The molecule has 3 rings (SSSR count). The molecule has 2 aromatic heterocycles. The van der Waals surface area contributed by atoms with Gasteiger partial charge in [-0.1, -0.05) is 11.6 Å². The molecular formula is C15H11F2N3O2. The molecule has 3 aromatic rings. The minimum atomic E-state index is -2.96. The lowest BCUT2D eigenvalue weighted by atomic mass is 10.1. The summed E-state index contributed by atoms with van der Waals surface area (Å²) in [6.07, 6.45) is 1.31. The third-order valence-electron chi connectivity index (χ3n) is 3.08. The zero-order chi connectivity index (χ0) is 15.7. The van der Waals surface area contributed by atoms with Crippen LogP contribution in [-0.2, 0) is 0 Å². The Bertz CT molecular complexity index is 893. The number of alkyl halides is 2. The zero-order valence-corrected chi connectivity index (χ0v) is 11.5. The average Bonchev–Trinajstić information content (AvgIpc) is 2.47. The van der Waals surface area contributed by atoms with Crippen LogP contribution in [0.2, 0.25) is 0 Å². The minimum Gasteiger partial charge on any atom is -0.417 e. The van der Waals surface area contributed by atoms with Crippen molar-refractivity contribution in [2.24, 2.45) is 0 Å². The van der Waals surface area contributed by atoms with Crippen molar-refractivity contribution in [1.29, 1.82) is 0 Å². The first kappa shape index (κ1) is 14.1. The molecule has 1 aromatic carbocycles. The highest BCUT2D eigenvalue weighted by molar-refractivity contribution is 5.80. The van der Waals surface area contributed by atoms with E-state index >= 15 is 0 Å². The molecule has 0 spiro atoms. The number of H-pyrrole nitrogens is 1. The number of benzene rings is 1. The van der Waals surface area contributed by atoms with Crippen molar-refractivity contribution in [2.45, 2.75) is 13.5 Å². The summed E-state index contributed by atoms with van der Waals surface area (Å²) in [5, 5.41) is 0.474. The van der Waals surface area contributed by atoms with Crippen molar-refractivity contribution in [3.63, 3.8) is 0 Å². The Morgan fingerprint density at radius 1 is 1.23 bits per heavy atom. The first-order valence-electron chi connectivity index (χ1n) is 6.45. The fourth-order valence-corrected chi connectivity index (χ4v) is 2.10. The van der Waals surface area contributed by atoms with Crippen LogP contribution in [0.1, 0.15) is 5.56 Å². The van der Waals surface area contributed by atoms with Gasteiger partial charge in [0, 0.05) is 17.8 Å². The molecule has 0 bridgehead atoms. The van der Waals surface area contributed by atoms with Gasteiger partial charge in [-0.25, -0.2) is 9.97 Å². The van der Waals surface area contributed by atoms with Gasteiger partial charge in [0.2, 0.25) is 5.88 Å². The number of rotatable bonds is 3. The number of aromatic nitrogens is 3. The van der Waals surface area contributed by atoms with Gasteiger partial charge >= 0.3 is 6.61 Å². The molecule has 2 heterocycles. The fraction of sp³-hybridized carbons (Fsp3) is 0.133. The Morgan fingerprint density at radius 2 is 2.05 bits per heavy atom. The van der Waals surface area contributed by atoms with Gasteiger partial charge < -0.3 is 9.72 Å². The van der Waals surface area contributed by atoms with E-state index in [0.717, 1.165) is 5.56 Å². The van der Waals surface area contributed by atoms with E-state index < -0.39 is 6.61 Å². The highest BCUT2D eigenvalue weighted by Gasteiger charge is 2.10. The average molecular weight is 303 g/mol. The Labute approximate surface area is 123 Å². The maximum atomic E-state index is 12.2. The van der Waals surface area contributed by atoms with Crippen LogP contribution in [0.15, 0.2) is 41.3 Å². The van der Waals surface area contributed by atoms with Gasteiger partial charge in [0.05, 0.1) is 10.9 Å². The second-order valence-electron chi connectivity index (χ2n) is 4.70.